The van der Waals surface area contributed by atoms with E-state index in [4.69, 9.17) is 9.47 Å². The Morgan fingerprint density at radius 1 is 0.917 bits per heavy atom. The molecule has 0 aliphatic heterocycles. The smallest absolute Gasteiger partial charge is 0.333 e. The van der Waals surface area contributed by atoms with Gasteiger partial charge in [0.05, 0.1) is 19.1 Å². The summed E-state index contributed by atoms with van der Waals surface area (Å²) >= 11 is 1.39. The topological polar surface area (TPSA) is 64.6 Å². The predicted octanol–water partition coefficient (Wildman–Crippen LogP) is 7.05. The monoisotopic (exact) mass is 507 g/mol. The summed E-state index contributed by atoms with van der Waals surface area (Å²) in [6.07, 6.45) is 2.24. The first-order valence-corrected chi connectivity index (χ1v) is 12.7. The van der Waals surface area contributed by atoms with Gasteiger partial charge >= 0.3 is 5.97 Å². The Morgan fingerprint density at radius 3 is 2.11 bits per heavy atom. The molecule has 6 heteroatoms. The van der Waals surface area contributed by atoms with Gasteiger partial charge in [-0.05, 0) is 64.6 Å². The van der Waals surface area contributed by atoms with E-state index in [9.17, 15) is 9.59 Å². The molecule has 0 unspecified atom stereocenters. The van der Waals surface area contributed by atoms with Gasteiger partial charge in [-0.25, -0.2) is 4.79 Å². The van der Waals surface area contributed by atoms with Gasteiger partial charge in [-0.1, -0.05) is 65.5 Å². The minimum Gasteiger partial charge on any atom is -0.496 e. The molecule has 1 aliphatic carbocycles. The molecule has 36 heavy (non-hydrogen) atoms. The minimum atomic E-state index is -0.874. The number of nitrogens with one attached hydrogen (secondary N) is 1. The molecule has 1 N–H and O–H groups in total. The summed E-state index contributed by atoms with van der Waals surface area (Å²) in [5.74, 6) is -0.0264. The number of carbonyl (C=O) groups is 2. The van der Waals surface area contributed by atoms with Gasteiger partial charge < -0.3 is 14.8 Å². The molecule has 0 spiro atoms. The standard InChI is InChI=1S/C29H33NO4S.CH4/c1-28(2)14-15-29(3,4)21-17-22(33-5)19(16-20(21)28)23-12-13-24(35-23)26(31)30-25(27(32)34-6)18-10-8-7-9-11-18;/h7-13,16-17,25H,14-15H2,1-6H3,(H,30,31);1H4/t25-;/m1./s1. The molecular formula is C30H37NO4S. The van der Waals surface area contributed by atoms with Crippen molar-refractivity contribution in [3.63, 3.8) is 0 Å². The van der Waals surface area contributed by atoms with E-state index in [0.717, 1.165) is 29.0 Å². The van der Waals surface area contributed by atoms with Gasteiger partial charge in [0.1, 0.15) is 5.75 Å². The van der Waals surface area contributed by atoms with Crippen molar-refractivity contribution in [3.8, 4) is 16.2 Å². The van der Waals surface area contributed by atoms with Crippen molar-refractivity contribution in [1.82, 2.24) is 5.32 Å². The van der Waals surface area contributed by atoms with Crippen LogP contribution in [-0.4, -0.2) is 26.1 Å². The van der Waals surface area contributed by atoms with Crippen LogP contribution in [0.5, 0.6) is 5.75 Å². The summed E-state index contributed by atoms with van der Waals surface area (Å²) < 4.78 is 10.7. The van der Waals surface area contributed by atoms with Crippen LogP contribution < -0.4 is 10.1 Å². The number of esters is 1. The van der Waals surface area contributed by atoms with Gasteiger partial charge in [0.15, 0.2) is 6.04 Å². The van der Waals surface area contributed by atoms with Crippen LogP contribution in [0.1, 0.15) is 80.4 Å². The minimum absolute atomic E-state index is 0. The highest BCUT2D eigenvalue weighted by atomic mass is 32.1. The molecule has 1 atom stereocenters. The lowest BCUT2D eigenvalue weighted by Gasteiger charge is -2.42. The second-order valence-electron chi connectivity index (χ2n) is 10.4. The zero-order valence-corrected chi connectivity index (χ0v) is 22.0. The Bertz CT molecular complexity index is 1240. The number of fused-ring (bicyclic) bond motifs is 1. The molecule has 5 nitrogen and oxygen atoms in total. The van der Waals surface area contributed by atoms with E-state index in [2.05, 4.69) is 45.1 Å². The molecule has 0 saturated heterocycles. The molecule has 3 aromatic rings. The molecule has 4 rings (SSSR count). The molecule has 1 heterocycles. The number of hydrogen-bond acceptors (Lipinski definition) is 5. The van der Waals surface area contributed by atoms with Crippen molar-refractivity contribution in [2.24, 2.45) is 0 Å². The van der Waals surface area contributed by atoms with Crippen LogP contribution in [0.25, 0.3) is 10.4 Å². The fourth-order valence-electron chi connectivity index (χ4n) is 4.80. The SMILES string of the molecule is C.COC(=O)[C@H](NC(=O)c1ccc(-c2cc3c(cc2OC)C(C)(C)CCC3(C)C)s1)c1ccccc1. The van der Waals surface area contributed by atoms with Crippen molar-refractivity contribution in [3.05, 3.63) is 76.2 Å². The second kappa shape index (κ2) is 10.5. The Kier molecular flexibility index (Phi) is 7.99. The van der Waals surface area contributed by atoms with Crippen molar-refractivity contribution in [2.75, 3.05) is 14.2 Å². The number of benzene rings is 2. The van der Waals surface area contributed by atoms with Gasteiger partial charge in [-0.15, -0.1) is 11.3 Å². The van der Waals surface area contributed by atoms with E-state index in [0.29, 0.717) is 10.4 Å². The fraction of sp³-hybridized carbons (Fsp3) is 0.400. The van der Waals surface area contributed by atoms with Crippen molar-refractivity contribution < 1.29 is 19.1 Å². The van der Waals surface area contributed by atoms with E-state index in [1.807, 2.05) is 24.3 Å². The second-order valence-corrected chi connectivity index (χ2v) is 11.5. The summed E-state index contributed by atoms with van der Waals surface area (Å²) in [5, 5.41) is 2.83. The van der Waals surface area contributed by atoms with Crippen LogP contribution in [0.15, 0.2) is 54.6 Å². The fourth-order valence-corrected chi connectivity index (χ4v) is 5.73. The van der Waals surface area contributed by atoms with Gasteiger partial charge in [0.2, 0.25) is 0 Å². The molecule has 2 aromatic carbocycles. The maximum atomic E-state index is 13.1. The van der Waals surface area contributed by atoms with Crippen LogP contribution >= 0.6 is 11.3 Å². The van der Waals surface area contributed by atoms with Crippen molar-refractivity contribution >= 4 is 23.2 Å². The van der Waals surface area contributed by atoms with E-state index in [-0.39, 0.29) is 24.2 Å². The van der Waals surface area contributed by atoms with Gasteiger partial charge in [0, 0.05) is 10.4 Å². The summed E-state index contributed by atoms with van der Waals surface area (Å²) in [7, 11) is 3.01. The molecule has 0 saturated carbocycles. The zero-order chi connectivity index (χ0) is 25.4. The maximum absolute atomic E-state index is 13.1. The number of ether oxygens (including phenoxy) is 2. The molecule has 0 radical (unpaired) electrons. The summed E-state index contributed by atoms with van der Waals surface area (Å²) in [4.78, 5) is 27.0. The van der Waals surface area contributed by atoms with Crippen LogP contribution in [-0.2, 0) is 20.4 Å². The highest BCUT2D eigenvalue weighted by molar-refractivity contribution is 7.17. The van der Waals surface area contributed by atoms with E-state index < -0.39 is 12.0 Å². The summed E-state index contributed by atoms with van der Waals surface area (Å²) in [5.41, 5.74) is 4.45. The van der Waals surface area contributed by atoms with Crippen LogP contribution in [0.3, 0.4) is 0 Å². The van der Waals surface area contributed by atoms with Crippen LogP contribution in [0, 0.1) is 0 Å². The van der Waals surface area contributed by atoms with E-state index in [1.54, 1.807) is 25.3 Å². The van der Waals surface area contributed by atoms with E-state index in [1.165, 1.54) is 29.6 Å². The molecule has 0 fully saturated rings. The third kappa shape index (κ3) is 5.19. The largest absolute Gasteiger partial charge is 0.496 e. The van der Waals surface area contributed by atoms with Gasteiger partial charge in [-0.2, -0.15) is 0 Å². The first kappa shape index (κ1) is 27.5. The number of methoxy groups -OCH3 is 2. The van der Waals surface area contributed by atoms with Crippen LogP contribution in [0.2, 0.25) is 0 Å². The quantitative estimate of drug-likeness (QED) is 0.363. The van der Waals surface area contributed by atoms with Crippen molar-refractivity contribution in [2.45, 2.75) is 64.8 Å². The predicted molar refractivity (Wildman–Crippen MR) is 147 cm³/mol. The Hall–Kier alpha value is -3.12. The molecule has 192 valence electrons. The zero-order valence-electron chi connectivity index (χ0n) is 21.2. The summed E-state index contributed by atoms with van der Waals surface area (Å²) in [6.45, 7) is 9.17. The Labute approximate surface area is 218 Å². The average molecular weight is 508 g/mol. The number of carbonyl (C=O) groups excluding carboxylic acids is 2. The van der Waals surface area contributed by atoms with Gasteiger partial charge in [0.25, 0.3) is 5.91 Å². The van der Waals surface area contributed by atoms with E-state index >= 15 is 0 Å². The maximum Gasteiger partial charge on any atom is 0.333 e. The highest BCUT2D eigenvalue weighted by Gasteiger charge is 2.38. The van der Waals surface area contributed by atoms with Crippen molar-refractivity contribution in [1.29, 1.82) is 0 Å². The Morgan fingerprint density at radius 2 is 1.53 bits per heavy atom. The Balaban J connectivity index is 0.00000361. The third-order valence-electron chi connectivity index (χ3n) is 7.11. The summed E-state index contributed by atoms with van der Waals surface area (Å²) in [6, 6.07) is 16.4. The number of rotatable bonds is 6. The normalized spacial score (nSPS) is 16.2. The lowest BCUT2D eigenvalue weighted by molar-refractivity contribution is -0.143. The number of thiophene rings is 1. The van der Waals surface area contributed by atoms with Crippen LogP contribution in [0.4, 0.5) is 0 Å². The highest BCUT2D eigenvalue weighted by Crippen LogP contribution is 2.49. The number of hydrogen-bond donors (Lipinski definition) is 1. The molecule has 1 amide bonds. The molecule has 0 bridgehead atoms. The lowest BCUT2D eigenvalue weighted by atomic mass is 9.63. The average Bonchev–Trinajstić information content (AvgIpc) is 3.35. The third-order valence-corrected chi connectivity index (χ3v) is 8.23. The van der Waals surface area contributed by atoms with Gasteiger partial charge in [-0.3, -0.25) is 4.79 Å². The molecule has 1 aliphatic rings. The molecule has 1 aromatic heterocycles. The lowest BCUT2D eigenvalue weighted by Crippen LogP contribution is -2.34. The molecular weight excluding hydrogens is 470 g/mol. The number of amides is 1. The first-order valence-electron chi connectivity index (χ1n) is 11.8. The first-order chi connectivity index (χ1) is 16.6.